The van der Waals surface area contributed by atoms with Gasteiger partial charge in [0.1, 0.15) is 5.75 Å². The van der Waals surface area contributed by atoms with Gasteiger partial charge in [-0.1, -0.05) is 18.2 Å². The molecular weight excluding hydrogens is 214 g/mol. The third-order valence-corrected chi connectivity index (χ3v) is 2.72. The van der Waals surface area contributed by atoms with Gasteiger partial charge in [-0.05, 0) is 33.3 Å². The third kappa shape index (κ3) is 4.36. The van der Waals surface area contributed by atoms with Gasteiger partial charge in [-0.25, -0.2) is 0 Å². The fourth-order valence-electron chi connectivity index (χ4n) is 1.80. The first kappa shape index (κ1) is 14.0. The predicted molar refractivity (Wildman–Crippen MR) is 70.3 cm³/mol. The van der Waals surface area contributed by atoms with Crippen LogP contribution in [0.25, 0.3) is 0 Å². The summed E-state index contributed by atoms with van der Waals surface area (Å²) in [6.45, 7) is 10.1. The van der Waals surface area contributed by atoms with Crippen molar-refractivity contribution in [2.24, 2.45) is 0 Å². The molecule has 0 spiro atoms. The van der Waals surface area contributed by atoms with Crippen LogP contribution in [0.2, 0.25) is 0 Å². The van der Waals surface area contributed by atoms with Gasteiger partial charge < -0.3 is 15.2 Å². The van der Waals surface area contributed by atoms with Gasteiger partial charge in [0.15, 0.2) is 0 Å². The second-order valence-corrected chi connectivity index (χ2v) is 4.88. The van der Waals surface area contributed by atoms with Crippen molar-refractivity contribution in [1.82, 2.24) is 5.32 Å². The van der Waals surface area contributed by atoms with E-state index in [9.17, 15) is 5.11 Å². The highest BCUT2D eigenvalue weighted by atomic mass is 16.5. The van der Waals surface area contributed by atoms with Crippen LogP contribution in [0.1, 0.15) is 31.9 Å². The molecule has 2 N–H and O–H groups in total. The molecule has 0 saturated carbocycles. The molecule has 3 heteroatoms. The van der Waals surface area contributed by atoms with Crippen LogP contribution in [0.3, 0.4) is 0 Å². The molecule has 1 aromatic rings. The summed E-state index contributed by atoms with van der Waals surface area (Å²) >= 11 is 0. The zero-order valence-corrected chi connectivity index (χ0v) is 11.2. The van der Waals surface area contributed by atoms with E-state index in [1.54, 1.807) is 0 Å². The molecular formula is C14H23NO2. The highest BCUT2D eigenvalue weighted by Crippen LogP contribution is 2.21. The Morgan fingerprint density at radius 2 is 2.06 bits per heavy atom. The molecule has 0 radical (unpaired) electrons. The van der Waals surface area contributed by atoms with Crippen LogP contribution in [0.4, 0.5) is 0 Å². The number of ether oxygens (including phenoxy) is 1. The maximum absolute atomic E-state index is 9.86. The van der Waals surface area contributed by atoms with Crippen LogP contribution in [0, 0.1) is 6.92 Å². The largest absolute Gasteiger partial charge is 0.507 e. The lowest BCUT2D eigenvalue weighted by atomic mass is 10.1. The second-order valence-electron chi connectivity index (χ2n) is 4.88. The first-order valence-electron chi connectivity index (χ1n) is 6.08. The van der Waals surface area contributed by atoms with Crippen LogP contribution in [-0.2, 0) is 11.3 Å². The van der Waals surface area contributed by atoms with Gasteiger partial charge in [0.05, 0.1) is 5.60 Å². The lowest BCUT2D eigenvalue weighted by Crippen LogP contribution is -2.37. The van der Waals surface area contributed by atoms with Crippen LogP contribution in [0.15, 0.2) is 18.2 Å². The minimum Gasteiger partial charge on any atom is -0.507 e. The van der Waals surface area contributed by atoms with E-state index in [1.165, 1.54) is 0 Å². The number of nitrogens with one attached hydrogen (secondary N) is 1. The van der Waals surface area contributed by atoms with Crippen LogP contribution in [-0.4, -0.2) is 23.9 Å². The van der Waals surface area contributed by atoms with Crippen molar-refractivity contribution < 1.29 is 9.84 Å². The highest BCUT2D eigenvalue weighted by molar-refractivity contribution is 5.39. The van der Waals surface area contributed by atoms with Crippen LogP contribution >= 0.6 is 0 Å². The minimum atomic E-state index is -0.172. The number of aromatic hydroxyl groups is 1. The first-order valence-corrected chi connectivity index (χ1v) is 6.08. The number of aryl methyl sites for hydroxylation is 1. The Morgan fingerprint density at radius 1 is 1.35 bits per heavy atom. The van der Waals surface area contributed by atoms with Crippen molar-refractivity contribution >= 4 is 0 Å². The molecule has 0 heterocycles. The Hall–Kier alpha value is -1.06. The highest BCUT2D eigenvalue weighted by Gasteiger charge is 2.16. The molecule has 3 nitrogen and oxygen atoms in total. The number of hydrogen-bond acceptors (Lipinski definition) is 3. The molecule has 0 unspecified atom stereocenters. The van der Waals surface area contributed by atoms with E-state index in [0.29, 0.717) is 18.9 Å². The maximum Gasteiger partial charge on any atom is 0.122 e. The summed E-state index contributed by atoms with van der Waals surface area (Å²) in [5.41, 5.74) is 1.67. The van der Waals surface area contributed by atoms with Gasteiger partial charge in [0, 0.05) is 25.3 Å². The standard InChI is InChI=1S/C14H23NO2/c1-5-17-14(3,4)10-15-9-12-8-6-7-11(2)13(12)16/h6-8,15-16H,5,9-10H2,1-4H3. The van der Waals surface area contributed by atoms with E-state index in [4.69, 9.17) is 4.74 Å². The molecule has 0 aliphatic heterocycles. The Kier molecular flexibility index (Phi) is 4.97. The average molecular weight is 237 g/mol. The summed E-state index contributed by atoms with van der Waals surface area (Å²) in [5.74, 6) is 0.384. The van der Waals surface area contributed by atoms with E-state index in [0.717, 1.165) is 17.7 Å². The number of phenolic OH excluding ortho intramolecular Hbond substituents is 1. The van der Waals surface area contributed by atoms with Gasteiger partial charge >= 0.3 is 0 Å². The zero-order chi connectivity index (χ0) is 12.9. The number of benzene rings is 1. The van der Waals surface area contributed by atoms with Crippen molar-refractivity contribution in [2.75, 3.05) is 13.2 Å². The molecule has 0 bridgehead atoms. The Morgan fingerprint density at radius 3 is 2.71 bits per heavy atom. The van der Waals surface area contributed by atoms with Crippen molar-refractivity contribution in [2.45, 2.75) is 39.8 Å². The predicted octanol–water partition coefficient (Wildman–Crippen LogP) is 2.61. The maximum atomic E-state index is 9.86. The van der Waals surface area contributed by atoms with E-state index < -0.39 is 0 Å². The quantitative estimate of drug-likeness (QED) is 0.799. The fourth-order valence-corrected chi connectivity index (χ4v) is 1.80. The molecule has 96 valence electrons. The number of phenols is 1. The number of hydrogen-bond donors (Lipinski definition) is 2. The van der Waals surface area contributed by atoms with Crippen molar-refractivity contribution in [3.05, 3.63) is 29.3 Å². The van der Waals surface area contributed by atoms with E-state index in [-0.39, 0.29) is 5.60 Å². The van der Waals surface area contributed by atoms with Crippen molar-refractivity contribution in [3.8, 4) is 5.75 Å². The third-order valence-electron chi connectivity index (χ3n) is 2.72. The normalized spacial score (nSPS) is 11.8. The molecule has 0 saturated heterocycles. The summed E-state index contributed by atoms with van der Waals surface area (Å²) < 4.78 is 5.60. The average Bonchev–Trinajstić information content (AvgIpc) is 2.24. The van der Waals surface area contributed by atoms with Crippen LogP contribution < -0.4 is 5.32 Å². The van der Waals surface area contributed by atoms with Gasteiger partial charge in [-0.2, -0.15) is 0 Å². The van der Waals surface area contributed by atoms with Gasteiger partial charge in [-0.15, -0.1) is 0 Å². The Labute approximate surface area is 104 Å². The summed E-state index contributed by atoms with van der Waals surface area (Å²) in [6, 6.07) is 5.80. The number of para-hydroxylation sites is 1. The van der Waals surface area contributed by atoms with Crippen molar-refractivity contribution in [1.29, 1.82) is 0 Å². The van der Waals surface area contributed by atoms with E-state index >= 15 is 0 Å². The summed E-state index contributed by atoms with van der Waals surface area (Å²) in [6.07, 6.45) is 0. The molecule has 0 fully saturated rings. The summed E-state index contributed by atoms with van der Waals surface area (Å²) in [4.78, 5) is 0. The van der Waals surface area contributed by atoms with Gasteiger partial charge in [-0.3, -0.25) is 0 Å². The van der Waals surface area contributed by atoms with Gasteiger partial charge in [0.25, 0.3) is 0 Å². The minimum absolute atomic E-state index is 0.172. The molecule has 1 rings (SSSR count). The smallest absolute Gasteiger partial charge is 0.122 e. The molecule has 0 amide bonds. The topological polar surface area (TPSA) is 41.5 Å². The Balaban J connectivity index is 2.49. The summed E-state index contributed by atoms with van der Waals surface area (Å²) in [5, 5.41) is 13.2. The lowest BCUT2D eigenvalue weighted by molar-refractivity contribution is -0.00900. The molecule has 17 heavy (non-hydrogen) atoms. The lowest BCUT2D eigenvalue weighted by Gasteiger charge is -2.25. The Bertz CT molecular complexity index is 361. The molecule has 0 aliphatic rings. The summed E-state index contributed by atoms with van der Waals surface area (Å²) in [7, 11) is 0. The van der Waals surface area contributed by atoms with Gasteiger partial charge in [0.2, 0.25) is 0 Å². The fraction of sp³-hybridized carbons (Fsp3) is 0.571. The van der Waals surface area contributed by atoms with E-state index in [1.807, 2.05) is 32.0 Å². The first-order chi connectivity index (χ1) is 7.96. The monoisotopic (exact) mass is 237 g/mol. The number of rotatable bonds is 6. The second kappa shape index (κ2) is 6.03. The van der Waals surface area contributed by atoms with E-state index in [2.05, 4.69) is 19.2 Å². The SMILES string of the molecule is CCOC(C)(C)CNCc1cccc(C)c1O. The zero-order valence-electron chi connectivity index (χ0n) is 11.2. The van der Waals surface area contributed by atoms with Crippen molar-refractivity contribution in [3.63, 3.8) is 0 Å². The van der Waals surface area contributed by atoms with Crippen LogP contribution in [0.5, 0.6) is 5.75 Å². The molecule has 1 aromatic carbocycles. The molecule has 0 aliphatic carbocycles. The molecule has 0 aromatic heterocycles. The molecule has 0 atom stereocenters.